The smallest absolute Gasteiger partial charge is 0.309 e. The Morgan fingerprint density at radius 3 is 0.885 bits per heavy atom. The third-order valence-electron chi connectivity index (χ3n) is 14.6. The number of carbonyl (C=O) groups is 3. The van der Waals surface area contributed by atoms with Crippen LogP contribution in [0.25, 0.3) is 0 Å². The van der Waals surface area contributed by atoms with Gasteiger partial charge in [0.2, 0.25) is 0 Å². The van der Waals surface area contributed by atoms with Crippen molar-refractivity contribution < 1.29 is 28.6 Å². The molecule has 0 spiro atoms. The van der Waals surface area contributed by atoms with Gasteiger partial charge in [-0.25, -0.2) is 0 Å². The van der Waals surface area contributed by atoms with E-state index in [2.05, 4.69) is 93.7 Å². The van der Waals surface area contributed by atoms with Crippen LogP contribution < -0.4 is 0 Å². The molecule has 0 saturated carbocycles. The highest BCUT2D eigenvalue weighted by molar-refractivity contribution is 5.72. The second-order valence-corrected chi connectivity index (χ2v) is 22.4. The molecule has 0 saturated heterocycles. The summed E-state index contributed by atoms with van der Waals surface area (Å²) in [5, 5.41) is 0. The molecule has 0 aromatic rings. The van der Waals surface area contributed by atoms with Gasteiger partial charge in [-0.05, 0) is 96.3 Å². The molecule has 0 aromatic carbocycles. The quantitative estimate of drug-likeness (QED) is 0.0261. The first kappa shape index (κ1) is 74.6. The molecule has 0 aliphatic rings. The molecule has 0 N–H and O–H groups in total. The van der Waals surface area contributed by atoms with E-state index in [1.807, 2.05) is 6.08 Å². The zero-order valence-corrected chi connectivity index (χ0v) is 51.7. The van der Waals surface area contributed by atoms with Crippen molar-refractivity contribution in [2.24, 2.45) is 0 Å². The molecule has 450 valence electrons. The summed E-state index contributed by atoms with van der Waals surface area (Å²) >= 11 is 0. The minimum atomic E-state index is -0.821. The molecule has 78 heavy (non-hydrogen) atoms. The average molecular weight is 1090 g/mol. The van der Waals surface area contributed by atoms with Crippen molar-refractivity contribution in [3.63, 3.8) is 0 Å². The molecular formula is C72H126O6. The normalized spacial score (nSPS) is 12.6. The molecule has 6 heteroatoms. The molecule has 0 rings (SSSR count). The Labute approximate surface area is 484 Å². The second kappa shape index (κ2) is 66.1. The number of hydrogen-bond donors (Lipinski definition) is 0. The van der Waals surface area contributed by atoms with Crippen LogP contribution >= 0.6 is 0 Å². The van der Waals surface area contributed by atoms with Crippen LogP contribution in [0.4, 0.5) is 0 Å². The van der Waals surface area contributed by atoms with Crippen LogP contribution in [-0.2, 0) is 28.6 Å². The van der Waals surface area contributed by atoms with Gasteiger partial charge in [-0.2, -0.15) is 0 Å². The SMILES string of the molecule is CC/C=C\C/C=C\C/C=C\C/C=C\C/C=C\CC(=O)OCC(COC(=O)CCCCCCCCCCCCCCCCCCC/C=C\CCCCCCCCCC)OC(=O)CCCCCCC/C=C\CCCCCCCCC. The molecule has 0 fully saturated rings. The lowest BCUT2D eigenvalue weighted by Gasteiger charge is -2.18. The lowest BCUT2D eigenvalue weighted by molar-refractivity contribution is -0.166. The third kappa shape index (κ3) is 63.4. The van der Waals surface area contributed by atoms with Gasteiger partial charge in [-0.3, -0.25) is 14.4 Å². The highest BCUT2D eigenvalue weighted by Gasteiger charge is 2.19. The summed E-state index contributed by atoms with van der Waals surface area (Å²) in [6.07, 6.45) is 87.8. The van der Waals surface area contributed by atoms with E-state index in [1.165, 1.54) is 212 Å². The minimum Gasteiger partial charge on any atom is -0.462 e. The number of hydrogen-bond acceptors (Lipinski definition) is 6. The third-order valence-corrected chi connectivity index (χ3v) is 14.6. The Kier molecular flexibility index (Phi) is 63.2. The predicted molar refractivity (Wildman–Crippen MR) is 339 cm³/mol. The van der Waals surface area contributed by atoms with Crippen LogP contribution in [0.1, 0.15) is 335 Å². The summed E-state index contributed by atoms with van der Waals surface area (Å²) in [4.78, 5) is 38.2. The Morgan fingerprint density at radius 2 is 0.551 bits per heavy atom. The van der Waals surface area contributed by atoms with E-state index in [4.69, 9.17) is 14.2 Å². The van der Waals surface area contributed by atoms with Crippen LogP contribution in [0.5, 0.6) is 0 Å². The van der Waals surface area contributed by atoms with E-state index in [1.54, 1.807) is 6.08 Å². The Hall–Kier alpha value is -3.41. The molecule has 0 aliphatic heterocycles. The Balaban J connectivity index is 4.28. The number of unbranched alkanes of at least 4 members (excludes halogenated alkanes) is 37. The molecule has 0 radical (unpaired) electrons. The van der Waals surface area contributed by atoms with Gasteiger partial charge in [0, 0.05) is 12.8 Å². The molecule has 0 aliphatic carbocycles. The minimum absolute atomic E-state index is 0.107. The van der Waals surface area contributed by atoms with Crippen molar-refractivity contribution in [1.82, 2.24) is 0 Å². The van der Waals surface area contributed by atoms with Crippen molar-refractivity contribution in [2.45, 2.75) is 341 Å². The first-order valence-electron chi connectivity index (χ1n) is 33.6. The molecule has 0 aromatic heterocycles. The van der Waals surface area contributed by atoms with Gasteiger partial charge >= 0.3 is 17.9 Å². The lowest BCUT2D eigenvalue weighted by atomic mass is 10.0. The van der Waals surface area contributed by atoms with Crippen LogP contribution in [0.15, 0.2) is 85.1 Å². The maximum absolute atomic E-state index is 12.9. The summed E-state index contributed by atoms with van der Waals surface area (Å²) in [5.74, 6) is -1.04. The van der Waals surface area contributed by atoms with Crippen molar-refractivity contribution in [3.8, 4) is 0 Å². The summed E-state index contributed by atoms with van der Waals surface area (Å²) in [6.45, 7) is 6.47. The fraction of sp³-hybridized carbons (Fsp3) is 0.764. The standard InChI is InChI=1S/C72H126O6/c1-4-7-10-13-16-19-22-25-28-30-31-32-33-34-35-36-37-38-39-40-41-42-45-47-50-53-56-59-62-65-71(74)77-68-69(67-76-70(73)64-61-58-55-52-49-46-43-27-24-21-18-15-12-9-6-3)78-72(75)66-63-60-57-54-51-48-44-29-26-23-20-17-14-11-8-5-2/h9,12,18,21,27,29-31,43-44,49,52,58,61,69H,4-8,10-11,13-17,19-20,22-26,28,32-42,45-48,50-51,53-57,59-60,62-68H2,1-3H3/b12-9-,21-18-,31-30-,43-27-,44-29-,52-49-,61-58-. The number of esters is 3. The molecule has 0 bridgehead atoms. The van der Waals surface area contributed by atoms with Gasteiger partial charge in [0.25, 0.3) is 0 Å². The Bertz CT molecular complexity index is 1480. The summed E-state index contributed by atoms with van der Waals surface area (Å²) in [7, 11) is 0. The monoisotopic (exact) mass is 1090 g/mol. The van der Waals surface area contributed by atoms with Crippen molar-refractivity contribution in [3.05, 3.63) is 85.1 Å². The predicted octanol–water partition coefficient (Wildman–Crippen LogP) is 23.1. The van der Waals surface area contributed by atoms with Crippen LogP contribution in [-0.4, -0.2) is 37.2 Å². The van der Waals surface area contributed by atoms with E-state index in [0.717, 1.165) is 83.5 Å². The maximum atomic E-state index is 12.9. The van der Waals surface area contributed by atoms with E-state index in [9.17, 15) is 14.4 Å². The largest absolute Gasteiger partial charge is 0.462 e. The Morgan fingerprint density at radius 1 is 0.282 bits per heavy atom. The number of carbonyl (C=O) groups excluding carboxylic acids is 3. The van der Waals surface area contributed by atoms with Gasteiger partial charge < -0.3 is 14.2 Å². The average Bonchev–Trinajstić information content (AvgIpc) is 3.44. The van der Waals surface area contributed by atoms with Gasteiger partial charge in [0.1, 0.15) is 13.2 Å². The molecule has 0 heterocycles. The van der Waals surface area contributed by atoms with Crippen molar-refractivity contribution in [1.29, 1.82) is 0 Å². The number of allylic oxidation sites excluding steroid dienone is 13. The van der Waals surface area contributed by atoms with Gasteiger partial charge in [-0.15, -0.1) is 0 Å². The lowest BCUT2D eigenvalue weighted by Crippen LogP contribution is -2.30. The summed E-state index contributed by atoms with van der Waals surface area (Å²) < 4.78 is 16.8. The fourth-order valence-corrected chi connectivity index (χ4v) is 9.63. The molecule has 6 nitrogen and oxygen atoms in total. The first-order valence-corrected chi connectivity index (χ1v) is 33.6. The zero-order valence-electron chi connectivity index (χ0n) is 51.7. The van der Waals surface area contributed by atoms with E-state index < -0.39 is 12.1 Å². The van der Waals surface area contributed by atoms with Crippen LogP contribution in [0, 0.1) is 0 Å². The fourth-order valence-electron chi connectivity index (χ4n) is 9.63. The van der Waals surface area contributed by atoms with Gasteiger partial charge in [0.05, 0.1) is 6.42 Å². The summed E-state index contributed by atoms with van der Waals surface area (Å²) in [5.41, 5.74) is 0. The molecular weight excluding hydrogens is 961 g/mol. The molecule has 1 atom stereocenters. The van der Waals surface area contributed by atoms with E-state index in [0.29, 0.717) is 12.8 Å². The van der Waals surface area contributed by atoms with E-state index in [-0.39, 0.29) is 31.6 Å². The highest BCUT2D eigenvalue weighted by Crippen LogP contribution is 2.17. The maximum Gasteiger partial charge on any atom is 0.309 e. The van der Waals surface area contributed by atoms with E-state index >= 15 is 0 Å². The highest BCUT2D eigenvalue weighted by atomic mass is 16.6. The van der Waals surface area contributed by atoms with Gasteiger partial charge in [0.15, 0.2) is 6.10 Å². The molecule has 0 amide bonds. The number of rotatable bonds is 61. The topological polar surface area (TPSA) is 78.9 Å². The van der Waals surface area contributed by atoms with Crippen molar-refractivity contribution in [2.75, 3.05) is 13.2 Å². The molecule has 1 unspecified atom stereocenters. The van der Waals surface area contributed by atoms with Crippen molar-refractivity contribution >= 4 is 17.9 Å². The van der Waals surface area contributed by atoms with Gasteiger partial charge in [-0.1, -0.05) is 305 Å². The number of ether oxygens (including phenoxy) is 3. The van der Waals surface area contributed by atoms with Crippen LogP contribution in [0.3, 0.4) is 0 Å². The summed E-state index contributed by atoms with van der Waals surface area (Å²) in [6, 6.07) is 0. The zero-order chi connectivity index (χ0) is 56.4. The second-order valence-electron chi connectivity index (χ2n) is 22.4. The van der Waals surface area contributed by atoms with Crippen LogP contribution in [0.2, 0.25) is 0 Å². The first-order chi connectivity index (χ1) is 38.5.